The van der Waals surface area contributed by atoms with E-state index in [9.17, 15) is 9.90 Å². The van der Waals surface area contributed by atoms with E-state index in [0.717, 1.165) is 44.6 Å². The molecule has 2 aliphatic heterocycles. The third kappa shape index (κ3) is 3.29. The lowest BCUT2D eigenvalue weighted by atomic mass is 9.40. The van der Waals surface area contributed by atoms with Crippen LogP contribution in [0.3, 0.4) is 0 Å². The highest BCUT2D eigenvalue weighted by Gasteiger charge is 2.74. The number of hydrogen-bond donors (Lipinski definition) is 1. The van der Waals surface area contributed by atoms with Gasteiger partial charge in [0.05, 0.1) is 0 Å². The minimum atomic E-state index is -0.282. The minimum Gasteiger partial charge on any atom is -0.504 e. The van der Waals surface area contributed by atoms with Crippen molar-refractivity contribution in [3.8, 4) is 11.5 Å². The van der Waals surface area contributed by atoms with E-state index in [1.54, 1.807) is 7.11 Å². The van der Waals surface area contributed by atoms with Gasteiger partial charge in [0.15, 0.2) is 11.5 Å². The van der Waals surface area contributed by atoms with E-state index in [4.69, 9.17) is 9.47 Å². The number of Topliss-reactive ketones (excluding diaryl/α,β-unsaturated/α-hetero) is 1. The molecule has 2 saturated carbocycles. The number of ketones is 1. The number of phenolic OH excluding ortho intramolecular Hbond substituents is 1. The lowest BCUT2D eigenvalue weighted by molar-refractivity contribution is -0.193. The van der Waals surface area contributed by atoms with Gasteiger partial charge in [-0.2, -0.15) is 0 Å². The van der Waals surface area contributed by atoms with E-state index in [2.05, 4.69) is 38.7 Å². The smallest absolute Gasteiger partial charge is 0.165 e. The quantitative estimate of drug-likeness (QED) is 0.576. The van der Waals surface area contributed by atoms with Gasteiger partial charge in [-0.1, -0.05) is 33.8 Å². The molecule has 2 bridgehead atoms. The average molecular weight is 482 g/mol. The molecule has 192 valence electrons. The molecule has 5 nitrogen and oxygen atoms in total. The summed E-state index contributed by atoms with van der Waals surface area (Å²) in [5, 5.41) is 10.9. The third-order valence-electron chi connectivity index (χ3n) is 10.5. The Hall–Kier alpha value is -1.59. The fourth-order valence-electron chi connectivity index (χ4n) is 8.66. The Bertz CT molecular complexity index is 1030. The van der Waals surface area contributed by atoms with Gasteiger partial charge >= 0.3 is 0 Å². The molecule has 3 aliphatic carbocycles. The summed E-state index contributed by atoms with van der Waals surface area (Å²) in [6.07, 6.45) is 7.57. The molecule has 0 radical (unpaired) electrons. The zero-order chi connectivity index (χ0) is 24.8. The van der Waals surface area contributed by atoms with Crippen molar-refractivity contribution in [3.05, 3.63) is 23.3 Å². The van der Waals surface area contributed by atoms with E-state index in [0.29, 0.717) is 24.0 Å². The largest absolute Gasteiger partial charge is 0.504 e. The number of likely N-dealkylation sites (tertiary alicyclic amines) is 1. The highest BCUT2D eigenvalue weighted by atomic mass is 16.5. The number of carbonyl (C=O) groups excluding carboxylic acids is 1. The van der Waals surface area contributed by atoms with Gasteiger partial charge in [0.1, 0.15) is 18.0 Å². The van der Waals surface area contributed by atoms with E-state index < -0.39 is 0 Å². The first-order chi connectivity index (χ1) is 16.6. The van der Waals surface area contributed by atoms with Gasteiger partial charge in [0, 0.05) is 48.4 Å². The van der Waals surface area contributed by atoms with Crippen molar-refractivity contribution in [2.45, 2.75) is 103 Å². The third-order valence-corrected chi connectivity index (χ3v) is 10.5. The summed E-state index contributed by atoms with van der Waals surface area (Å²) in [5.41, 5.74) is 2.46. The van der Waals surface area contributed by atoms with Crippen LogP contribution < -0.4 is 4.74 Å². The molecule has 1 spiro atoms. The van der Waals surface area contributed by atoms with Crippen LogP contribution in [0.4, 0.5) is 0 Å². The number of nitrogens with zero attached hydrogens (tertiary/aromatic N) is 1. The van der Waals surface area contributed by atoms with Gasteiger partial charge in [-0.25, -0.2) is 0 Å². The van der Waals surface area contributed by atoms with Crippen molar-refractivity contribution >= 4 is 5.78 Å². The Morgan fingerprint density at radius 2 is 2.06 bits per heavy atom. The number of carbonyl (C=O) groups is 1. The van der Waals surface area contributed by atoms with Crippen LogP contribution in [-0.2, 0) is 21.4 Å². The molecule has 35 heavy (non-hydrogen) atoms. The number of ether oxygens (including phenoxy) is 2. The monoisotopic (exact) mass is 481 g/mol. The molecule has 6 atom stereocenters. The van der Waals surface area contributed by atoms with Gasteiger partial charge in [0.25, 0.3) is 0 Å². The molecule has 2 heterocycles. The molecule has 1 aromatic carbocycles. The van der Waals surface area contributed by atoms with Crippen molar-refractivity contribution in [1.82, 2.24) is 4.90 Å². The first kappa shape index (κ1) is 23.8. The fraction of sp³-hybridized carbons (Fsp3) is 0.767. The molecule has 1 N–H and O–H groups in total. The first-order valence-electron chi connectivity index (χ1n) is 14.0. The number of methoxy groups -OCH3 is 1. The highest BCUT2D eigenvalue weighted by molar-refractivity contribution is 5.82. The summed E-state index contributed by atoms with van der Waals surface area (Å²) >= 11 is 0. The number of aromatic hydroxyl groups is 1. The second-order valence-electron chi connectivity index (χ2n) is 13.4. The minimum absolute atomic E-state index is 0.0477. The maximum absolute atomic E-state index is 13.9. The van der Waals surface area contributed by atoms with Crippen molar-refractivity contribution in [2.24, 2.45) is 22.7 Å². The number of phenols is 1. The second-order valence-corrected chi connectivity index (χ2v) is 13.4. The summed E-state index contributed by atoms with van der Waals surface area (Å²) in [6, 6.07) is 4.36. The highest BCUT2D eigenvalue weighted by Crippen LogP contribution is 2.71. The van der Waals surface area contributed by atoms with Crippen molar-refractivity contribution in [2.75, 3.05) is 20.2 Å². The van der Waals surface area contributed by atoms with Crippen LogP contribution in [0.2, 0.25) is 0 Å². The van der Waals surface area contributed by atoms with Gasteiger partial charge < -0.3 is 14.6 Å². The molecular weight excluding hydrogens is 438 g/mol. The van der Waals surface area contributed by atoms with Crippen LogP contribution in [0, 0.1) is 22.7 Å². The lowest BCUT2D eigenvalue weighted by Crippen LogP contribution is -2.75. The van der Waals surface area contributed by atoms with Gasteiger partial charge in [-0.3, -0.25) is 9.69 Å². The summed E-state index contributed by atoms with van der Waals surface area (Å²) in [5.74, 6) is 1.91. The second kappa shape index (κ2) is 7.95. The SMILES string of the molecule is CCC12CC(C(=O)CCC(C)(C)C)C(OC)C3Oc4c(O)ccc5c4C31CCN(CC1CC1)C2C5. The number of piperidine rings is 1. The Balaban J connectivity index is 1.48. The van der Waals surface area contributed by atoms with Crippen molar-refractivity contribution in [1.29, 1.82) is 0 Å². The van der Waals surface area contributed by atoms with Gasteiger partial charge in [-0.05, 0) is 74.5 Å². The standard InChI is InChI=1S/C30H43NO4/c1-6-29-16-20(21(32)11-12-28(2,3)4)25(34-5)27-30(29)13-14-31(17-18-7-8-18)23(29)15-19-9-10-22(33)26(35-27)24(19)30/h9-10,18,20,23,25,27,33H,6-8,11-17H2,1-5H3. The van der Waals surface area contributed by atoms with Crippen LogP contribution in [0.1, 0.15) is 83.8 Å². The maximum Gasteiger partial charge on any atom is 0.165 e. The molecule has 6 rings (SSSR count). The molecule has 0 amide bonds. The molecule has 5 aliphatic rings. The summed E-state index contributed by atoms with van der Waals surface area (Å²) in [4.78, 5) is 16.6. The van der Waals surface area contributed by atoms with Gasteiger partial charge in [-0.15, -0.1) is 0 Å². The number of hydrogen-bond acceptors (Lipinski definition) is 5. The predicted octanol–water partition coefficient (Wildman–Crippen LogP) is 5.26. The number of benzene rings is 1. The van der Waals surface area contributed by atoms with Crippen LogP contribution >= 0.6 is 0 Å². The Morgan fingerprint density at radius 1 is 1.29 bits per heavy atom. The van der Waals surface area contributed by atoms with Crippen LogP contribution in [0.15, 0.2) is 12.1 Å². The average Bonchev–Trinajstić information content (AvgIpc) is 3.57. The zero-order valence-electron chi connectivity index (χ0n) is 22.2. The molecular formula is C30H43NO4. The van der Waals surface area contributed by atoms with E-state index in [-0.39, 0.29) is 40.1 Å². The van der Waals surface area contributed by atoms with Crippen LogP contribution in [0.25, 0.3) is 0 Å². The summed E-state index contributed by atoms with van der Waals surface area (Å²) < 4.78 is 12.9. The molecule has 6 unspecified atom stereocenters. The molecule has 1 aromatic rings. The molecule has 0 aromatic heterocycles. The summed E-state index contributed by atoms with van der Waals surface area (Å²) in [7, 11) is 1.75. The first-order valence-corrected chi connectivity index (χ1v) is 14.0. The molecule has 1 saturated heterocycles. The normalized spacial score (nSPS) is 37.6. The van der Waals surface area contributed by atoms with E-state index >= 15 is 0 Å². The molecule has 5 heteroatoms. The van der Waals surface area contributed by atoms with E-state index in [1.165, 1.54) is 30.5 Å². The fourth-order valence-corrected chi connectivity index (χ4v) is 8.66. The van der Waals surface area contributed by atoms with Crippen LogP contribution in [-0.4, -0.2) is 54.2 Å². The van der Waals surface area contributed by atoms with Gasteiger partial charge in [0.2, 0.25) is 0 Å². The zero-order valence-corrected chi connectivity index (χ0v) is 22.2. The van der Waals surface area contributed by atoms with Crippen molar-refractivity contribution < 1.29 is 19.4 Å². The number of rotatable bonds is 7. The van der Waals surface area contributed by atoms with E-state index in [1.807, 2.05) is 6.07 Å². The van der Waals surface area contributed by atoms with Crippen LogP contribution in [0.5, 0.6) is 11.5 Å². The molecule has 3 fully saturated rings. The topological polar surface area (TPSA) is 59.0 Å². The summed E-state index contributed by atoms with van der Waals surface area (Å²) in [6.45, 7) is 11.2. The lowest BCUT2D eigenvalue weighted by Gasteiger charge is -2.67. The Kier molecular flexibility index (Phi) is 5.40. The Morgan fingerprint density at radius 3 is 2.71 bits per heavy atom. The predicted molar refractivity (Wildman–Crippen MR) is 136 cm³/mol. The maximum atomic E-state index is 13.9. The Labute approximate surface area is 210 Å². The van der Waals surface area contributed by atoms with Crippen molar-refractivity contribution in [3.63, 3.8) is 0 Å².